The Hall–Kier alpha value is -0.261. The van der Waals surface area contributed by atoms with Gasteiger partial charge < -0.3 is 0 Å². The first-order valence-corrected chi connectivity index (χ1v) is 3.49. The molecule has 1 aromatic carbocycles. The minimum atomic E-state index is 1.31. The molecule has 0 spiro atoms. The van der Waals surface area contributed by atoms with E-state index in [1.807, 2.05) is 12.1 Å². The third-order valence-corrected chi connectivity index (χ3v) is 2.17. The van der Waals surface area contributed by atoms with Crippen molar-refractivity contribution in [2.75, 3.05) is 0 Å². The first-order chi connectivity index (χ1) is 3.80. The third kappa shape index (κ3) is 1.12. The second-order valence-corrected chi connectivity index (χ2v) is 2.80. The van der Waals surface area contributed by atoms with Gasteiger partial charge in [-0.05, 0) is 0 Å². The zero-order chi connectivity index (χ0) is 5.98. The Morgan fingerprint density at radius 2 is 1.88 bits per heavy atom. The van der Waals surface area contributed by atoms with E-state index in [2.05, 4.69) is 35.1 Å². The fourth-order valence-electron chi connectivity index (χ4n) is 0.563. The molecule has 1 heteroatoms. The minimum absolute atomic E-state index is 1.31. The van der Waals surface area contributed by atoms with Crippen molar-refractivity contribution in [2.45, 2.75) is 6.92 Å². The van der Waals surface area contributed by atoms with E-state index < -0.39 is 0 Å². The summed E-state index contributed by atoms with van der Waals surface area (Å²) in [6, 6.07) is 8.29. The Morgan fingerprint density at radius 3 is 2.25 bits per heavy atom. The summed E-state index contributed by atoms with van der Waals surface area (Å²) in [6.45, 7) is 2.10. The quantitative estimate of drug-likeness (QED) is 0.499. The Bertz CT molecular complexity index is 160. The molecule has 8 heavy (non-hydrogen) atoms. The predicted octanol–water partition coefficient (Wildman–Crippen LogP) is 0.521. The SMILES string of the molecule is Cc1ccccc1[SeH]. The van der Waals surface area contributed by atoms with Crippen LogP contribution in [0.25, 0.3) is 0 Å². The Balaban J connectivity index is 3.13. The topological polar surface area (TPSA) is 0 Å². The van der Waals surface area contributed by atoms with Crippen molar-refractivity contribution in [3.8, 4) is 0 Å². The molecule has 0 unspecified atom stereocenters. The summed E-state index contributed by atoms with van der Waals surface area (Å²) >= 11 is 2.55. The maximum atomic E-state index is 2.55. The van der Waals surface area contributed by atoms with Gasteiger partial charge in [-0.15, -0.1) is 0 Å². The molecule has 0 nitrogen and oxygen atoms in total. The molecule has 0 atom stereocenters. The molecule has 0 bridgehead atoms. The molecule has 0 aromatic heterocycles. The maximum absolute atomic E-state index is 2.55. The average Bonchev–Trinajstić information content (AvgIpc) is 1.77. The molecule has 0 amide bonds. The van der Waals surface area contributed by atoms with Crippen molar-refractivity contribution in [3.05, 3.63) is 29.8 Å². The fraction of sp³-hybridized carbons (Fsp3) is 0.143. The number of hydrogen-bond acceptors (Lipinski definition) is 0. The molecule has 1 aromatic rings. The van der Waals surface area contributed by atoms with Crippen LogP contribution in [0.5, 0.6) is 0 Å². The fourth-order valence-corrected chi connectivity index (χ4v) is 0.900. The summed E-state index contributed by atoms with van der Waals surface area (Å²) in [7, 11) is 0. The van der Waals surface area contributed by atoms with E-state index in [-0.39, 0.29) is 0 Å². The van der Waals surface area contributed by atoms with Crippen LogP contribution in [-0.4, -0.2) is 16.0 Å². The van der Waals surface area contributed by atoms with Gasteiger partial charge in [0.2, 0.25) is 0 Å². The van der Waals surface area contributed by atoms with Crippen LogP contribution < -0.4 is 4.46 Å². The van der Waals surface area contributed by atoms with Crippen LogP contribution in [0.1, 0.15) is 5.56 Å². The van der Waals surface area contributed by atoms with E-state index in [4.69, 9.17) is 0 Å². The van der Waals surface area contributed by atoms with Crippen molar-refractivity contribution < 1.29 is 0 Å². The zero-order valence-electron chi connectivity index (χ0n) is 4.76. The molecule has 0 saturated carbocycles. The van der Waals surface area contributed by atoms with E-state index in [1.165, 1.54) is 10.0 Å². The first kappa shape index (κ1) is 5.87. The summed E-state index contributed by atoms with van der Waals surface area (Å²) in [5, 5.41) is 0. The van der Waals surface area contributed by atoms with Gasteiger partial charge in [0.15, 0.2) is 0 Å². The van der Waals surface area contributed by atoms with Crippen molar-refractivity contribution >= 4 is 20.5 Å². The second kappa shape index (κ2) is 2.34. The number of benzene rings is 1. The van der Waals surface area contributed by atoms with E-state index in [1.54, 1.807) is 0 Å². The molecular formula is C7H8Se. The van der Waals surface area contributed by atoms with Gasteiger partial charge in [0, 0.05) is 0 Å². The molecule has 0 radical (unpaired) electrons. The van der Waals surface area contributed by atoms with Gasteiger partial charge in [-0.3, -0.25) is 0 Å². The molecule has 0 N–H and O–H groups in total. The predicted molar refractivity (Wildman–Crippen MR) is 38.0 cm³/mol. The first-order valence-electron chi connectivity index (χ1n) is 2.55. The summed E-state index contributed by atoms with van der Waals surface area (Å²) in [6.07, 6.45) is 0. The Kier molecular flexibility index (Phi) is 1.72. The van der Waals surface area contributed by atoms with Gasteiger partial charge in [-0.25, -0.2) is 0 Å². The number of hydrogen-bond donors (Lipinski definition) is 0. The van der Waals surface area contributed by atoms with E-state index in [0.29, 0.717) is 0 Å². The molecule has 0 aliphatic rings. The van der Waals surface area contributed by atoms with Crippen molar-refractivity contribution in [3.63, 3.8) is 0 Å². The molecule has 0 aliphatic heterocycles. The van der Waals surface area contributed by atoms with Crippen LogP contribution in [0.2, 0.25) is 0 Å². The van der Waals surface area contributed by atoms with Gasteiger partial charge in [0.05, 0.1) is 0 Å². The van der Waals surface area contributed by atoms with Gasteiger partial charge >= 0.3 is 57.2 Å². The van der Waals surface area contributed by atoms with Crippen molar-refractivity contribution in [1.29, 1.82) is 0 Å². The van der Waals surface area contributed by atoms with E-state index >= 15 is 0 Å². The summed E-state index contributed by atoms with van der Waals surface area (Å²) in [4.78, 5) is 0. The van der Waals surface area contributed by atoms with Crippen LogP contribution in [0.4, 0.5) is 0 Å². The standard InChI is InChI=1S/C7H8Se/c1-6-4-2-3-5-7(6)8/h2-5,8H,1H3. The van der Waals surface area contributed by atoms with Crippen molar-refractivity contribution in [2.24, 2.45) is 0 Å². The molecule has 0 saturated heterocycles. The number of rotatable bonds is 0. The zero-order valence-corrected chi connectivity index (χ0v) is 6.63. The molecule has 1 rings (SSSR count). The van der Waals surface area contributed by atoms with Crippen LogP contribution in [0.15, 0.2) is 24.3 Å². The van der Waals surface area contributed by atoms with Crippen LogP contribution in [-0.2, 0) is 0 Å². The molecular weight excluding hydrogens is 163 g/mol. The van der Waals surface area contributed by atoms with E-state index in [9.17, 15) is 0 Å². The summed E-state index contributed by atoms with van der Waals surface area (Å²) in [5.41, 5.74) is 1.34. The molecule has 0 fully saturated rings. The van der Waals surface area contributed by atoms with Crippen LogP contribution >= 0.6 is 0 Å². The normalized spacial score (nSPS) is 9.25. The molecule has 42 valence electrons. The van der Waals surface area contributed by atoms with E-state index in [0.717, 1.165) is 0 Å². The van der Waals surface area contributed by atoms with Gasteiger partial charge in [0.25, 0.3) is 0 Å². The van der Waals surface area contributed by atoms with Gasteiger partial charge in [-0.2, -0.15) is 0 Å². The van der Waals surface area contributed by atoms with Crippen LogP contribution in [0, 0.1) is 6.92 Å². The number of aryl methyl sites for hydroxylation is 1. The van der Waals surface area contributed by atoms with Crippen LogP contribution in [0.3, 0.4) is 0 Å². The molecule has 0 heterocycles. The summed E-state index contributed by atoms with van der Waals surface area (Å²) in [5.74, 6) is 0. The summed E-state index contributed by atoms with van der Waals surface area (Å²) < 4.78 is 1.31. The van der Waals surface area contributed by atoms with Gasteiger partial charge in [0.1, 0.15) is 0 Å². The monoisotopic (exact) mass is 172 g/mol. The molecule has 0 aliphatic carbocycles. The Labute approximate surface area is 57.7 Å². The Morgan fingerprint density at radius 1 is 1.25 bits per heavy atom. The van der Waals surface area contributed by atoms with Crippen molar-refractivity contribution in [1.82, 2.24) is 0 Å². The average molecular weight is 171 g/mol. The third-order valence-electron chi connectivity index (χ3n) is 1.12. The van der Waals surface area contributed by atoms with Gasteiger partial charge in [-0.1, -0.05) is 0 Å². The second-order valence-electron chi connectivity index (χ2n) is 1.79.